The molecule has 3 rings (SSSR count). The number of nitrogens with two attached hydrogens (primary N) is 1. The van der Waals surface area contributed by atoms with Gasteiger partial charge in [-0.15, -0.1) is 0 Å². The van der Waals surface area contributed by atoms with Gasteiger partial charge in [0.25, 0.3) is 0 Å². The second-order valence-corrected chi connectivity index (χ2v) is 18.0. The van der Waals surface area contributed by atoms with E-state index in [9.17, 15) is 4.79 Å². The minimum atomic E-state index is -1.97. The number of nitrogens with one attached hydrogen (secondary N) is 1. The molecule has 1 atom stereocenters. The number of nitrogens with zero attached hydrogens (tertiary/aromatic N) is 1. The number of anilines is 1. The fraction of sp³-hybridized carbons (Fsp3) is 0.412. The van der Waals surface area contributed by atoms with Crippen molar-refractivity contribution in [2.75, 3.05) is 16.3 Å². The third-order valence-electron chi connectivity index (χ3n) is 6.59. The van der Waals surface area contributed by atoms with Crippen LogP contribution in [0.25, 0.3) is 5.57 Å². The van der Waals surface area contributed by atoms with Crippen LogP contribution in [0.1, 0.15) is 72.9 Å². The van der Waals surface area contributed by atoms with Crippen molar-refractivity contribution in [3.05, 3.63) is 81.5 Å². The molecule has 11 heteroatoms. The van der Waals surface area contributed by atoms with E-state index in [2.05, 4.69) is 83.6 Å². The number of hydrogen-bond acceptors (Lipinski definition) is 5. The molecule has 2 aromatic rings. The van der Waals surface area contributed by atoms with E-state index in [1.54, 1.807) is 6.07 Å². The van der Waals surface area contributed by atoms with Gasteiger partial charge in [-0.05, 0) is 0 Å². The molecule has 1 heterocycles. The SMILES string of the molecule is C=CN=C(N)C(/C(=C\C)c1cccc([NH][Hg][c]2cc(Cl)cc(COC(C)=O)c2Cl)c1P)=C(\C)C(C)C.CC1COC1.CCC.O. The summed E-state index contributed by atoms with van der Waals surface area (Å²) in [5.41, 5.74) is 12.3. The molecule has 45 heavy (non-hydrogen) atoms. The molecule has 0 saturated carbocycles. The third-order valence-corrected chi connectivity index (χ3v) is 14.6. The van der Waals surface area contributed by atoms with Crippen molar-refractivity contribution in [1.82, 2.24) is 0 Å². The fourth-order valence-corrected chi connectivity index (χ4v) is 12.2. The summed E-state index contributed by atoms with van der Waals surface area (Å²) in [6.45, 7) is 22.0. The predicted molar refractivity (Wildman–Crippen MR) is 194 cm³/mol. The number of benzene rings is 2. The van der Waals surface area contributed by atoms with Gasteiger partial charge in [0.1, 0.15) is 0 Å². The van der Waals surface area contributed by atoms with Crippen LogP contribution in [0.2, 0.25) is 10.0 Å². The maximum absolute atomic E-state index is 11.2. The Labute approximate surface area is 295 Å². The van der Waals surface area contributed by atoms with Gasteiger partial charge < -0.3 is 10.2 Å². The number of ether oxygens (including phenoxy) is 2. The first kappa shape index (κ1) is 43.3. The van der Waals surface area contributed by atoms with Crippen molar-refractivity contribution >= 4 is 63.9 Å². The Balaban J connectivity index is 0.00000188. The topological polar surface area (TPSA) is 117 Å². The van der Waals surface area contributed by atoms with Gasteiger partial charge in [-0.25, -0.2) is 0 Å². The monoisotopic (exact) mass is 867 g/mol. The minimum absolute atomic E-state index is 0. The summed E-state index contributed by atoms with van der Waals surface area (Å²) in [5, 5.41) is 2.21. The zero-order valence-corrected chi connectivity index (χ0v) is 36.2. The van der Waals surface area contributed by atoms with Crippen LogP contribution in [-0.4, -0.2) is 30.5 Å². The Kier molecular flexibility index (Phi) is 21.9. The van der Waals surface area contributed by atoms with Crippen molar-refractivity contribution in [3.63, 3.8) is 0 Å². The van der Waals surface area contributed by atoms with E-state index in [4.69, 9.17) is 38.4 Å². The van der Waals surface area contributed by atoms with Crippen LogP contribution < -0.4 is 17.2 Å². The Hall–Kier alpha value is -1.73. The molecule has 1 saturated heterocycles. The Morgan fingerprint density at radius 1 is 1.27 bits per heavy atom. The second kappa shape index (κ2) is 22.7. The van der Waals surface area contributed by atoms with Gasteiger partial charge in [-0.2, -0.15) is 0 Å². The van der Waals surface area contributed by atoms with E-state index in [0.29, 0.717) is 27.4 Å². The molecule has 0 spiro atoms. The van der Waals surface area contributed by atoms with Crippen molar-refractivity contribution in [1.29, 1.82) is 0 Å². The van der Waals surface area contributed by atoms with E-state index < -0.39 is 24.9 Å². The normalized spacial score (nSPS) is 13.4. The number of allylic oxidation sites excluding steroid dienone is 2. The van der Waals surface area contributed by atoms with Gasteiger partial charge >= 0.3 is 241 Å². The van der Waals surface area contributed by atoms with Crippen LogP contribution in [0, 0.1) is 11.8 Å². The molecule has 7 nitrogen and oxygen atoms in total. The van der Waals surface area contributed by atoms with Crippen molar-refractivity contribution in [3.8, 4) is 0 Å². The molecule has 0 aliphatic carbocycles. The summed E-state index contributed by atoms with van der Waals surface area (Å²) in [4.78, 5) is 15.5. The first-order valence-corrected chi connectivity index (χ1v) is 21.8. The van der Waals surface area contributed by atoms with Gasteiger partial charge in [0.05, 0.1) is 13.2 Å². The van der Waals surface area contributed by atoms with Gasteiger partial charge in [0, 0.05) is 5.92 Å². The number of carbonyl (C=O) groups is 1. The number of esters is 1. The maximum atomic E-state index is 11.2. The molecular formula is C34H50Cl2HgN3O4P. The quantitative estimate of drug-likeness (QED) is 0.0645. The molecule has 0 bridgehead atoms. The molecule has 5 N–H and O–H groups in total. The van der Waals surface area contributed by atoms with E-state index in [-0.39, 0.29) is 18.1 Å². The molecule has 0 amide bonds. The van der Waals surface area contributed by atoms with Crippen LogP contribution in [0.3, 0.4) is 0 Å². The molecule has 1 fully saturated rings. The molecule has 2 aromatic carbocycles. The number of halogens is 2. The summed E-state index contributed by atoms with van der Waals surface area (Å²) in [6.07, 6.45) is 4.79. The summed E-state index contributed by atoms with van der Waals surface area (Å²) in [7, 11) is 2.86. The van der Waals surface area contributed by atoms with Gasteiger partial charge in [-0.3, -0.25) is 0 Å². The first-order chi connectivity index (χ1) is 20.8. The summed E-state index contributed by atoms with van der Waals surface area (Å²) >= 11 is 11.0. The Morgan fingerprint density at radius 3 is 2.33 bits per heavy atom. The molecule has 1 unspecified atom stereocenters. The van der Waals surface area contributed by atoms with Crippen LogP contribution >= 0.6 is 32.4 Å². The Bertz CT molecular complexity index is 1360. The molecular weight excluding hydrogens is 817 g/mol. The summed E-state index contributed by atoms with van der Waals surface area (Å²) in [5.74, 6) is 1.22. The maximum Gasteiger partial charge on any atom is 0.0513 e. The average Bonchev–Trinajstić information content (AvgIpc) is 2.95. The molecule has 0 aromatic heterocycles. The van der Waals surface area contributed by atoms with Gasteiger partial charge in [-0.1, -0.05) is 27.2 Å². The van der Waals surface area contributed by atoms with Crippen molar-refractivity contribution < 1.29 is 44.6 Å². The number of aliphatic imine (C=N–C) groups is 1. The van der Waals surface area contributed by atoms with Crippen LogP contribution in [0.5, 0.6) is 0 Å². The van der Waals surface area contributed by atoms with Crippen molar-refractivity contribution in [2.45, 2.75) is 68.4 Å². The standard InChI is InChI=1S/C18H25N3P.C9H7Cl2O2.C4H8O.C3H8.Hg.H2O/c1-6-13(14-9-8-10-15(19)17(14)22)16(12(5)11(3)4)18(20)21-7-2;1-6(12)13-5-7-4-8(10)2-3-9(7)11;1-4-2-5-3-4;1-3-2;;/h6-11,19H,2,22H2,1,3-5H3,(H2,20,21);2,4H,5H2,1H3;4H,2-3H2,1H3;3H2,1-2H3;;1H2/q-1;;;;+1;/b13-6-,16-12+;;;;;. The molecule has 1 aliphatic heterocycles. The van der Waals surface area contributed by atoms with E-state index in [1.165, 1.54) is 19.5 Å². The first-order valence-electron chi connectivity index (χ1n) is 14.9. The fourth-order valence-electron chi connectivity index (χ4n) is 4.06. The van der Waals surface area contributed by atoms with Crippen LogP contribution in [0.15, 0.2) is 65.3 Å². The van der Waals surface area contributed by atoms with Gasteiger partial charge in [0.2, 0.25) is 0 Å². The number of hydrogen-bond donors (Lipinski definition) is 2. The summed E-state index contributed by atoms with van der Waals surface area (Å²) in [6, 6.07) is 9.80. The van der Waals surface area contributed by atoms with Crippen LogP contribution in [-0.2, 0) is 45.8 Å². The average molecular weight is 867 g/mol. The van der Waals surface area contributed by atoms with E-state index >= 15 is 0 Å². The van der Waals surface area contributed by atoms with Crippen LogP contribution in [0.4, 0.5) is 5.69 Å². The summed E-state index contributed by atoms with van der Waals surface area (Å²) < 4.78 is 14.7. The minimum Gasteiger partial charge on any atom is -0.412 e. The number of rotatable bonds is 10. The van der Waals surface area contributed by atoms with E-state index in [1.807, 2.05) is 19.1 Å². The largest absolute Gasteiger partial charge is 0.412 e. The zero-order chi connectivity index (χ0) is 33.4. The smallest absolute Gasteiger partial charge is 0.0513 e. The van der Waals surface area contributed by atoms with Gasteiger partial charge in [0.15, 0.2) is 0 Å². The molecule has 0 radical (unpaired) electrons. The predicted octanol–water partition coefficient (Wildman–Crippen LogP) is 7.41. The Morgan fingerprint density at radius 2 is 1.87 bits per heavy atom. The molecule has 246 valence electrons. The zero-order valence-electron chi connectivity index (χ0n) is 28.0. The van der Waals surface area contributed by atoms with Crippen molar-refractivity contribution in [2.24, 2.45) is 22.6 Å². The second-order valence-electron chi connectivity index (χ2n) is 10.9. The number of amidine groups is 1. The molecule has 1 aliphatic rings. The third kappa shape index (κ3) is 14.3. The number of carbonyl (C=O) groups excluding carboxylic acids is 1. The van der Waals surface area contributed by atoms with E-state index in [0.717, 1.165) is 55.5 Å².